The standard InChI is InChI=1S/C15H16N3O2S/c1-16-6-7-17(11-16)10-12-2-4-13(5-3-12)14(19)18-8-9-21-15(18)20/h2-7,11H,8-10H2,1H3/q+1. The van der Waals surface area contributed by atoms with Gasteiger partial charge in [0, 0.05) is 17.9 Å². The van der Waals surface area contributed by atoms with Crippen molar-refractivity contribution in [2.24, 2.45) is 7.05 Å². The molecule has 1 aromatic carbocycles. The van der Waals surface area contributed by atoms with Crippen molar-refractivity contribution in [3.05, 3.63) is 54.1 Å². The van der Waals surface area contributed by atoms with Crippen molar-refractivity contribution < 1.29 is 14.2 Å². The zero-order chi connectivity index (χ0) is 14.8. The number of carbonyl (C=O) groups excluding carboxylic acids is 2. The first kappa shape index (κ1) is 13.9. The summed E-state index contributed by atoms with van der Waals surface area (Å²) in [5, 5.41) is -0.149. The predicted molar refractivity (Wildman–Crippen MR) is 80.0 cm³/mol. The van der Waals surface area contributed by atoms with E-state index in [2.05, 4.69) is 4.57 Å². The van der Waals surface area contributed by atoms with Crippen LogP contribution in [0.3, 0.4) is 0 Å². The van der Waals surface area contributed by atoms with Gasteiger partial charge < -0.3 is 0 Å². The van der Waals surface area contributed by atoms with E-state index < -0.39 is 0 Å². The number of aryl methyl sites for hydroxylation is 1. The van der Waals surface area contributed by atoms with Gasteiger partial charge in [0.05, 0.1) is 7.05 Å². The van der Waals surface area contributed by atoms with Gasteiger partial charge in [-0.15, -0.1) is 0 Å². The number of rotatable bonds is 3. The molecule has 0 saturated carbocycles. The van der Waals surface area contributed by atoms with Crippen molar-refractivity contribution in [2.75, 3.05) is 12.3 Å². The minimum Gasteiger partial charge on any atom is -0.269 e. The Bertz CT molecular complexity index is 678. The molecule has 3 rings (SSSR count). The Balaban J connectivity index is 1.71. The highest BCUT2D eigenvalue weighted by Crippen LogP contribution is 2.20. The van der Waals surface area contributed by atoms with Gasteiger partial charge in [0.15, 0.2) is 0 Å². The van der Waals surface area contributed by atoms with Crippen LogP contribution in [0.5, 0.6) is 0 Å². The van der Waals surface area contributed by atoms with Gasteiger partial charge in [0.2, 0.25) is 6.33 Å². The number of nitrogens with zero attached hydrogens (tertiary/aromatic N) is 3. The van der Waals surface area contributed by atoms with Crippen molar-refractivity contribution >= 4 is 22.9 Å². The molecule has 2 amide bonds. The SMILES string of the molecule is Cn1cc[n+](Cc2ccc(C(=O)N3CCSC3=O)cc2)c1. The van der Waals surface area contributed by atoms with Gasteiger partial charge in [-0.3, -0.25) is 14.5 Å². The van der Waals surface area contributed by atoms with E-state index in [-0.39, 0.29) is 11.1 Å². The van der Waals surface area contributed by atoms with Crippen LogP contribution in [0.15, 0.2) is 43.0 Å². The molecule has 0 bridgehead atoms. The molecule has 108 valence electrons. The molecule has 0 radical (unpaired) electrons. The first-order valence-electron chi connectivity index (χ1n) is 6.72. The lowest BCUT2D eigenvalue weighted by molar-refractivity contribution is -0.687. The van der Waals surface area contributed by atoms with E-state index in [1.54, 1.807) is 12.1 Å². The molecule has 0 aliphatic carbocycles. The predicted octanol–water partition coefficient (Wildman–Crippen LogP) is 1.67. The summed E-state index contributed by atoms with van der Waals surface area (Å²) in [5.41, 5.74) is 1.68. The van der Waals surface area contributed by atoms with Crippen LogP contribution in [0.1, 0.15) is 15.9 Å². The van der Waals surface area contributed by atoms with Crippen LogP contribution < -0.4 is 4.57 Å². The Hall–Kier alpha value is -2.08. The minimum atomic E-state index is -0.205. The lowest BCUT2D eigenvalue weighted by Crippen LogP contribution is -2.32. The van der Waals surface area contributed by atoms with Crippen LogP contribution in [0.4, 0.5) is 4.79 Å². The smallest absolute Gasteiger partial charge is 0.269 e. The number of hydrogen-bond donors (Lipinski definition) is 0. The molecule has 1 aliphatic heterocycles. The number of carbonyl (C=O) groups is 2. The van der Waals surface area contributed by atoms with Gasteiger partial charge in [-0.2, -0.15) is 0 Å². The fourth-order valence-corrected chi connectivity index (χ4v) is 3.07. The van der Waals surface area contributed by atoms with Crippen molar-refractivity contribution in [1.29, 1.82) is 0 Å². The van der Waals surface area contributed by atoms with E-state index in [1.807, 2.05) is 42.5 Å². The van der Waals surface area contributed by atoms with Crippen molar-refractivity contribution in [1.82, 2.24) is 9.47 Å². The normalized spacial score (nSPS) is 14.7. The van der Waals surface area contributed by atoms with Crippen LogP contribution >= 0.6 is 11.8 Å². The summed E-state index contributed by atoms with van der Waals surface area (Å²) in [6, 6.07) is 7.44. The third kappa shape index (κ3) is 3.00. The zero-order valence-electron chi connectivity index (χ0n) is 11.7. The maximum absolute atomic E-state index is 12.2. The summed E-state index contributed by atoms with van der Waals surface area (Å²) in [4.78, 5) is 25.1. The maximum atomic E-state index is 12.2. The Morgan fingerprint density at radius 2 is 2.10 bits per heavy atom. The molecule has 2 aromatic rings. The van der Waals surface area contributed by atoms with E-state index in [0.717, 1.165) is 12.1 Å². The fourth-order valence-electron chi connectivity index (χ4n) is 2.29. The monoisotopic (exact) mass is 302 g/mol. The Kier molecular flexibility index (Phi) is 3.79. The second kappa shape index (κ2) is 5.73. The van der Waals surface area contributed by atoms with Gasteiger partial charge in [-0.25, -0.2) is 9.13 Å². The lowest BCUT2D eigenvalue weighted by Gasteiger charge is -2.12. The van der Waals surface area contributed by atoms with E-state index in [0.29, 0.717) is 17.9 Å². The summed E-state index contributed by atoms with van der Waals surface area (Å²) in [6.07, 6.45) is 5.98. The van der Waals surface area contributed by atoms with E-state index in [1.165, 1.54) is 16.7 Å². The number of amides is 2. The molecular formula is C15H16N3O2S+. The molecule has 0 unspecified atom stereocenters. The number of aromatic nitrogens is 2. The van der Waals surface area contributed by atoms with E-state index in [4.69, 9.17) is 0 Å². The average molecular weight is 302 g/mol. The molecule has 0 atom stereocenters. The molecular weight excluding hydrogens is 286 g/mol. The second-order valence-corrected chi connectivity index (χ2v) is 6.07. The van der Waals surface area contributed by atoms with Crippen molar-refractivity contribution in [3.8, 4) is 0 Å². The van der Waals surface area contributed by atoms with Crippen molar-refractivity contribution in [3.63, 3.8) is 0 Å². The van der Waals surface area contributed by atoms with E-state index in [9.17, 15) is 9.59 Å². The molecule has 5 nitrogen and oxygen atoms in total. The summed E-state index contributed by atoms with van der Waals surface area (Å²) in [5.74, 6) is 0.483. The number of hydrogen-bond acceptors (Lipinski definition) is 3. The maximum Gasteiger partial charge on any atom is 0.288 e. The quantitative estimate of drug-likeness (QED) is 0.810. The number of imide groups is 1. The number of benzene rings is 1. The second-order valence-electron chi connectivity index (χ2n) is 5.02. The molecule has 1 saturated heterocycles. The highest BCUT2D eigenvalue weighted by Gasteiger charge is 2.27. The topological polar surface area (TPSA) is 46.2 Å². The van der Waals surface area contributed by atoms with Gasteiger partial charge in [-0.05, 0) is 17.7 Å². The fraction of sp³-hybridized carbons (Fsp3) is 0.267. The first-order chi connectivity index (χ1) is 10.1. The molecule has 1 aliphatic rings. The third-order valence-electron chi connectivity index (χ3n) is 3.40. The van der Waals surface area contributed by atoms with Crippen LogP contribution in [0.2, 0.25) is 0 Å². The molecule has 0 spiro atoms. The van der Waals surface area contributed by atoms with Crippen LogP contribution in [-0.2, 0) is 13.6 Å². The van der Waals surface area contributed by atoms with Gasteiger partial charge in [-0.1, -0.05) is 23.9 Å². The Morgan fingerprint density at radius 3 is 2.67 bits per heavy atom. The molecule has 1 fully saturated rings. The summed E-state index contributed by atoms with van der Waals surface area (Å²) < 4.78 is 4.05. The average Bonchev–Trinajstić information content (AvgIpc) is 3.08. The highest BCUT2D eigenvalue weighted by molar-refractivity contribution is 8.13. The van der Waals surface area contributed by atoms with E-state index >= 15 is 0 Å². The van der Waals surface area contributed by atoms with Gasteiger partial charge in [0.25, 0.3) is 11.1 Å². The Labute approximate surface area is 127 Å². The molecule has 6 heteroatoms. The first-order valence-corrected chi connectivity index (χ1v) is 7.70. The van der Waals surface area contributed by atoms with Gasteiger partial charge >= 0.3 is 0 Å². The molecule has 1 aromatic heterocycles. The van der Waals surface area contributed by atoms with Crippen molar-refractivity contribution in [2.45, 2.75) is 6.54 Å². The molecule has 0 N–H and O–H groups in total. The van der Waals surface area contributed by atoms with Crippen LogP contribution in [-0.4, -0.2) is 32.9 Å². The Morgan fingerprint density at radius 1 is 1.33 bits per heavy atom. The van der Waals surface area contributed by atoms with Crippen LogP contribution in [0, 0.1) is 0 Å². The highest BCUT2D eigenvalue weighted by atomic mass is 32.2. The lowest BCUT2D eigenvalue weighted by atomic mass is 10.1. The summed E-state index contributed by atoms with van der Waals surface area (Å²) >= 11 is 1.20. The third-order valence-corrected chi connectivity index (χ3v) is 4.25. The zero-order valence-corrected chi connectivity index (χ0v) is 12.5. The van der Waals surface area contributed by atoms with Crippen LogP contribution in [0.25, 0.3) is 0 Å². The number of thioether (sulfide) groups is 1. The number of imidazole rings is 1. The largest absolute Gasteiger partial charge is 0.288 e. The molecule has 21 heavy (non-hydrogen) atoms. The van der Waals surface area contributed by atoms with Gasteiger partial charge in [0.1, 0.15) is 18.9 Å². The minimum absolute atomic E-state index is 0.149. The molecule has 2 heterocycles. The summed E-state index contributed by atoms with van der Waals surface area (Å²) in [6.45, 7) is 1.26. The summed E-state index contributed by atoms with van der Waals surface area (Å²) in [7, 11) is 1.98.